The number of rotatable bonds is 4. The average Bonchev–Trinajstić information content (AvgIpc) is 3.14. The number of hydrogen-bond donors (Lipinski definition) is 1. The van der Waals surface area contributed by atoms with Crippen LogP contribution in [0.3, 0.4) is 0 Å². The second-order valence-corrected chi connectivity index (χ2v) is 6.59. The molecule has 4 rings (SSSR count). The Morgan fingerprint density at radius 1 is 0.720 bits per heavy atom. The monoisotopic (exact) mass is 342 g/mol. The summed E-state index contributed by atoms with van der Waals surface area (Å²) in [6, 6.07) is 29.1. The minimum Gasteiger partial charge on any atom is -0.337 e. The summed E-state index contributed by atoms with van der Waals surface area (Å²) in [5.41, 5.74) is 5.43. The molecule has 1 heterocycles. The van der Waals surface area contributed by atoms with Crippen molar-refractivity contribution in [3.63, 3.8) is 0 Å². The van der Waals surface area contributed by atoms with Crippen molar-refractivity contribution in [2.24, 2.45) is 0 Å². The second-order valence-electron chi connectivity index (χ2n) is 5.74. The van der Waals surface area contributed by atoms with Gasteiger partial charge in [-0.25, -0.2) is 4.98 Å². The maximum Gasteiger partial charge on any atom is 0.139 e. The third-order valence-electron chi connectivity index (χ3n) is 4.18. The maximum absolute atomic E-state index is 4.97. The van der Waals surface area contributed by atoms with Crippen LogP contribution in [0.2, 0.25) is 0 Å². The summed E-state index contributed by atoms with van der Waals surface area (Å²) in [6.07, 6.45) is 2.10. The molecular formula is C22H18N2S. The van der Waals surface area contributed by atoms with Gasteiger partial charge in [-0.3, -0.25) is 0 Å². The molecule has 25 heavy (non-hydrogen) atoms. The zero-order valence-corrected chi connectivity index (χ0v) is 14.8. The van der Waals surface area contributed by atoms with E-state index in [-0.39, 0.29) is 0 Å². The Morgan fingerprint density at radius 2 is 1.32 bits per heavy atom. The third kappa shape index (κ3) is 3.11. The highest BCUT2D eigenvalue weighted by Crippen LogP contribution is 2.35. The first-order chi connectivity index (χ1) is 12.4. The predicted molar refractivity (Wildman–Crippen MR) is 107 cm³/mol. The molecule has 0 aliphatic carbocycles. The lowest BCUT2D eigenvalue weighted by Crippen LogP contribution is -1.84. The van der Waals surface area contributed by atoms with Crippen molar-refractivity contribution in [1.29, 1.82) is 0 Å². The number of nitrogens with one attached hydrogen (secondary N) is 1. The summed E-state index contributed by atoms with van der Waals surface area (Å²) in [5.74, 6) is 0.905. The Kier molecular flexibility index (Phi) is 4.40. The Morgan fingerprint density at radius 3 is 2.00 bits per heavy atom. The molecule has 0 spiro atoms. The molecule has 3 aromatic carbocycles. The van der Waals surface area contributed by atoms with Gasteiger partial charge in [-0.1, -0.05) is 78.9 Å². The molecule has 122 valence electrons. The number of thioether (sulfide) groups is 1. The summed E-state index contributed by atoms with van der Waals surface area (Å²) < 4.78 is 0. The summed E-state index contributed by atoms with van der Waals surface area (Å²) in [4.78, 5) is 9.75. The molecular weight excluding hydrogens is 324 g/mol. The van der Waals surface area contributed by atoms with Gasteiger partial charge in [0, 0.05) is 21.6 Å². The molecule has 0 unspecified atom stereocenters. The van der Waals surface area contributed by atoms with Crippen molar-refractivity contribution in [3.8, 4) is 33.9 Å². The van der Waals surface area contributed by atoms with Gasteiger partial charge < -0.3 is 4.98 Å². The summed E-state index contributed by atoms with van der Waals surface area (Å²) in [7, 11) is 0. The van der Waals surface area contributed by atoms with Crippen LogP contribution >= 0.6 is 11.8 Å². The van der Waals surface area contributed by atoms with Gasteiger partial charge in [-0.15, -0.1) is 11.8 Å². The fourth-order valence-corrected chi connectivity index (χ4v) is 3.56. The molecule has 0 fully saturated rings. The Bertz CT molecular complexity index is 918. The van der Waals surface area contributed by atoms with E-state index in [0.29, 0.717) is 0 Å². The Balaban J connectivity index is 1.93. The van der Waals surface area contributed by atoms with E-state index in [4.69, 9.17) is 4.98 Å². The van der Waals surface area contributed by atoms with Crippen molar-refractivity contribution in [2.45, 2.75) is 4.90 Å². The first-order valence-corrected chi connectivity index (χ1v) is 9.43. The second kappa shape index (κ2) is 6.99. The molecule has 4 aromatic rings. The molecule has 1 N–H and O–H groups in total. The highest BCUT2D eigenvalue weighted by atomic mass is 32.2. The first-order valence-electron chi connectivity index (χ1n) is 8.21. The van der Waals surface area contributed by atoms with Gasteiger partial charge >= 0.3 is 0 Å². The van der Waals surface area contributed by atoms with E-state index >= 15 is 0 Å². The van der Waals surface area contributed by atoms with Crippen LogP contribution in [0, 0.1) is 0 Å². The number of aromatic nitrogens is 2. The minimum atomic E-state index is 0.905. The molecule has 3 heteroatoms. The van der Waals surface area contributed by atoms with Gasteiger partial charge in [0.2, 0.25) is 0 Å². The molecule has 0 saturated heterocycles. The lowest BCUT2D eigenvalue weighted by molar-refractivity contribution is 1.27. The zero-order valence-electron chi connectivity index (χ0n) is 13.9. The van der Waals surface area contributed by atoms with E-state index < -0.39 is 0 Å². The van der Waals surface area contributed by atoms with Crippen LogP contribution in [0.4, 0.5) is 0 Å². The fraction of sp³-hybridized carbons (Fsp3) is 0.0455. The lowest BCUT2D eigenvalue weighted by Gasteiger charge is -2.03. The van der Waals surface area contributed by atoms with E-state index in [1.54, 1.807) is 11.8 Å². The SMILES string of the molecule is CSc1ccccc1-c1nc(-c2ccccc2)c(-c2ccccc2)[nH]1. The highest BCUT2D eigenvalue weighted by Gasteiger charge is 2.16. The minimum absolute atomic E-state index is 0.905. The van der Waals surface area contributed by atoms with Gasteiger partial charge in [0.05, 0.1) is 11.4 Å². The Hall–Kier alpha value is -2.78. The maximum atomic E-state index is 4.97. The van der Waals surface area contributed by atoms with E-state index in [9.17, 15) is 0 Å². The molecule has 0 atom stereocenters. The number of benzene rings is 3. The standard InChI is InChI=1S/C22H18N2S/c1-25-19-15-9-8-14-18(19)22-23-20(16-10-4-2-5-11-16)21(24-22)17-12-6-3-7-13-17/h2-15H,1H3,(H,23,24). The van der Waals surface area contributed by atoms with Crippen molar-refractivity contribution < 1.29 is 0 Å². The van der Waals surface area contributed by atoms with Crippen molar-refractivity contribution in [2.75, 3.05) is 6.26 Å². The summed E-state index contributed by atoms with van der Waals surface area (Å²) >= 11 is 1.74. The van der Waals surface area contributed by atoms with Crippen LogP contribution < -0.4 is 0 Å². The Labute approximate surface area is 152 Å². The van der Waals surface area contributed by atoms with Crippen molar-refractivity contribution in [3.05, 3.63) is 84.9 Å². The lowest BCUT2D eigenvalue weighted by atomic mass is 10.1. The third-order valence-corrected chi connectivity index (χ3v) is 4.97. The van der Waals surface area contributed by atoms with Crippen LogP contribution in [-0.2, 0) is 0 Å². The van der Waals surface area contributed by atoms with Gasteiger partial charge in [0.1, 0.15) is 5.82 Å². The molecule has 1 aromatic heterocycles. The predicted octanol–water partition coefficient (Wildman–Crippen LogP) is 6.13. The summed E-state index contributed by atoms with van der Waals surface area (Å²) in [5, 5.41) is 0. The van der Waals surface area contributed by atoms with Crippen molar-refractivity contribution in [1.82, 2.24) is 9.97 Å². The first kappa shape index (κ1) is 15.7. The molecule has 0 saturated carbocycles. The van der Waals surface area contributed by atoms with Crippen LogP contribution in [0.1, 0.15) is 0 Å². The number of imidazole rings is 1. The molecule has 2 nitrogen and oxygen atoms in total. The van der Waals surface area contributed by atoms with Gasteiger partial charge in [-0.2, -0.15) is 0 Å². The molecule has 0 bridgehead atoms. The van der Waals surface area contributed by atoms with E-state index in [2.05, 4.69) is 71.9 Å². The van der Waals surface area contributed by atoms with Gasteiger partial charge in [0.15, 0.2) is 0 Å². The number of aromatic amines is 1. The topological polar surface area (TPSA) is 28.7 Å². The zero-order chi connectivity index (χ0) is 17.1. The molecule has 0 aliphatic heterocycles. The quantitative estimate of drug-likeness (QED) is 0.452. The van der Waals surface area contributed by atoms with Crippen molar-refractivity contribution >= 4 is 11.8 Å². The van der Waals surface area contributed by atoms with Crippen LogP contribution in [0.15, 0.2) is 89.8 Å². The molecule has 0 radical (unpaired) electrons. The van der Waals surface area contributed by atoms with Crippen LogP contribution in [-0.4, -0.2) is 16.2 Å². The largest absolute Gasteiger partial charge is 0.337 e. The average molecular weight is 342 g/mol. The summed E-state index contributed by atoms with van der Waals surface area (Å²) in [6.45, 7) is 0. The number of hydrogen-bond acceptors (Lipinski definition) is 2. The van der Waals surface area contributed by atoms with Gasteiger partial charge in [-0.05, 0) is 12.3 Å². The van der Waals surface area contributed by atoms with E-state index in [1.807, 2.05) is 24.3 Å². The van der Waals surface area contributed by atoms with E-state index in [0.717, 1.165) is 33.9 Å². The number of nitrogens with zero attached hydrogens (tertiary/aromatic N) is 1. The highest BCUT2D eigenvalue weighted by molar-refractivity contribution is 7.98. The molecule has 0 aliphatic rings. The van der Waals surface area contributed by atoms with Crippen LogP contribution in [0.25, 0.3) is 33.9 Å². The van der Waals surface area contributed by atoms with Crippen LogP contribution in [0.5, 0.6) is 0 Å². The smallest absolute Gasteiger partial charge is 0.139 e. The fourth-order valence-electron chi connectivity index (χ4n) is 2.96. The molecule has 0 amide bonds. The normalized spacial score (nSPS) is 10.8. The van der Waals surface area contributed by atoms with E-state index in [1.165, 1.54) is 4.90 Å². The van der Waals surface area contributed by atoms with Gasteiger partial charge in [0.25, 0.3) is 0 Å². The number of H-pyrrole nitrogens is 1.